The summed E-state index contributed by atoms with van der Waals surface area (Å²) in [4.78, 5) is 23.1. The largest absolute Gasteiger partial charge is 0.506 e. The van der Waals surface area contributed by atoms with Crippen molar-refractivity contribution in [2.24, 2.45) is 0 Å². The number of aromatic amines is 1. The zero-order valence-electron chi connectivity index (χ0n) is 12.9. The summed E-state index contributed by atoms with van der Waals surface area (Å²) >= 11 is 0. The molecule has 0 fully saturated rings. The van der Waals surface area contributed by atoms with Crippen molar-refractivity contribution in [3.05, 3.63) is 77.4 Å². The highest BCUT2D eigenvalue weighted by atomic mass is 19.1. The van der Waals surface area contributed by atoms with E-state index in [1.807, 2.05) is 0 Å². The van der Waals surface area contributed by atoms with Crippen molar-refractivity contribution in [1.82, 2.24) is 15.0 Å². The Labute approximate surface area is 141 Å². The average Bonchev–Trinajstić information content (AvgIpc) is 2.64. The maximum Gasteiger partial charge on any atom is 0.259 e. The van der Waals surface area contributed by atoms with Crippen LogP contribution >= 0.6 is 0 Å². The van der Waals surface area contributed by atoms with Gasteiger partial charge in [-0.15, -0.1) is 0 Å². The number of aromatic hydroxyl groups is 1. The van der Waals surface area contributed by atoms with E-state index >= 15 is 0 Å². The van der Waals surface area contributed by atoms with Gasteiger partial charge < -0.3 is 10.1 Å². The molecule has 2 aromatic carbocycles. The molecule has 0 aliphatic rings. The second-order valence-corrected chi connectivity index (χ2v) is 5.52. The number of halogens is 1. The van der Waals surface area contributed by atoms with E-state index in [1.54, 1.807) is 36.7 Å². The van der Waals surface area contributed by atoms with Gasteiger partial charge in [0, 0.05) is 18.0 Å². The number of fused-ring (bicyclic) bond motifs is 1. The number of phenols is 1. The third-order valence-electron chi connectivity index (χ3n) is 4.02. The number of aromatic nitrogens is 3. The van der Waals surface area contributed by atoms with Gasteiger partial charge in [0.2, 0.25) is 0 Å². The molecule has 6 heteroatoms. The Hall–Kier alpha value is -3.54. The van der Waals surface area contributed by atoms with E-state index < -0.39 is 0 Å². The molecule has 2 aromatic heterocycles. The lowest BCUT2D eigenvalue weighted by Crippen LogP contribution is -2.08. The van der Waals surface area contributed by atoms with E-state index in [0.29, 0.717) is 16.7 Å². The van der Waals surface area contributed by atoms with Crippen LogP contribution in [0.25, 0.3) is 33.2 Å². The van der Waals surface area contributed by atoms with Gasteiger partial charge in [0.05, 0.1) is 11.7 Å². The maximum atomic E-state index is 13.3. The Bertz CT molecular complexity index is 1120. The molecule has 0 amide bonds. The Kier molecular flexibility index (Phi) is 3.50. The average molecular weight is 333 g/mol. The van der Waals surface area contributed by atoms with Gasteiger partial charge in [-0.05, 0) is 47.0 Å². The second-order valence-electron chi connectivity index (χ2n) is 5.52. The molecule has 4 aromatic rings. The summed E-state index contributed by atoms with van der Waals surface area (Å²) in [6, 6.07) is 10.9. The lowest BCUT2D eigenvalue weighted by Gasteiger charge is -2.14. The smallest absolute Gasteiger partial charge is 0.259 e. The van der Waals surface area contributed by atoms with Crippen molar-refractivity contribution in [1.29, 1.82) is 0 Å². The summed E-state index contributed by atoms with van der Waals surface area (Å²) in [5, 5.41) is 10.6. The summed E-state index contributed by atoms with van der Waals surface area (Å²) in [5.41, 5.74) is 2.48. The first-order valence-corrected chi connectivity index (χ1v) is 7.55. The van der Waals surface area contributed by atoms with E-state index in [4.69, 9.17) is 0 Å². The standard InChI is InChI=1S/C19H12FN3O2/c20-13-3-1-11(2-4-13)14-9-15(24)18-17(19(25)23-10-22-18)16(14)12-5-7-21-8-6-12/h1-10,24H,(H,22,23,25). The monoisotopic (exact) mass is 333 g/mol. The first-order valence-electron chi connectivity index (χ1n) is 7.55. The Balaban J connectivity index is 2.17. The molecule has 122 valence electrons. The molecule has 5 nitrogen and oxygen atoms in total. The number of rotatable bonds is 2. The molecular weight excluding hydrogens is 321 g/mol. The lowest BCUT2D eigenvalue weighted by molar-refractivity contribution is 0.480. The molecular formula is C19H12FN3O2. The summed E-state index contributed by atoms with van der Waals surface area (Å²) in [7, 11) is 0. The Morgan fingerprint density at radius 1 is 1.00 bits per heavy atom. The maximum absolute atomic E-state index is 13.3. The van der Waals surface area contributed by atoms with Crippen LogP contribution in [0.1, 0.15) is 0 Å². The van der Waals surface area contributed by atoms with E-state index in [1.165, 1.54) is 24.5 Å². The van der Waals surface area contributed by atoms with Gasteiger partial charge in [0.25, 0.3) is 5.56 Å². The number of pyridine rings is 1. The molecule has 0 atom stereocenters. The Morgan fingerprint density at radius 2 is 1.72 bits per heavy atom. The molecule has 0 aliphatic carbocycles. The third-order valence-corrected chi connectivity index (χ3v) is 4.02. The number of phenolic OH excluding ortho intramolecular Hbond substituents is 1. The van der Waals surface area contributed by atoms with Crippen LogP contribution in [0.3, 0.4) is 0 Å². The van der Waals surface area contributed by atoms with Crippen molar-refractivity contribution in [3.63, 3.8) is 0 Å². The van der Waals surface area contributed by atoms with Crippen molar-refractivity contribution < 1.29 is 9.50 Å². The van der Waals surface area contributed by atoms with Crippen LogP contribution in [0.5, 0.6) is 5.75 Å². The summed E-state index contributed by atoms with van der Waals surface area (Å²) in [6.45, 7) is 0. The summed E-state index contributed by atoms with van der Waals surface area (Å²) in [6.07, 6.45) is 4.48. The number of benzene rings is 2. The number of nitrogens with zero attached hydrogens (tertiary/aromatic N) is 2. The van der Waals surface area contributed by atoms with Crippen LogP contribution in [0.2, 0.25) is 0 Å². The van der Waals surface area contributed by atoms with Gasteiger partial charge >= 0.3 is 0 Å². The fourth-order valence-electron chi connectivity index (χ4n) is 2.91. The first kappa shape index (κ1) is 15.0. The molecule has 0 saturated heterocycles. The second kappa shape index (κ2) is 5.83. The van der Waals surface area contributed by atoms with E-state index in [9.17, 15) is 14.3 Å². The highest BCUT2D eigenvalue weighted by Gasteiger charge is 2.18. The summed E-state index contributed by atoms with van der Waals surface area (Å²) < 4.78 is 13.3. The van der Waals surface area contributed by atoms with Crippen LogP contribution in [-0.2, 0) is 0 Å². The minimum Gasteiger partial charge on any atom is -0.506 e. The topological polar surface area (TPSA) is 78.9 Å². The van der Waals surface area contributed by atoms with E-state index in [2.05, 4.69) is 15.0 Å². The number of hydrogen-bond donors (Lipinski definition) is 2. The van der Waals surface area contributed by atoms with E-state index in [-0.39, 0.29) is 28.0 Å². The zero-order chi connectivity index (χ0) is 17.4. The highest BCUT2D eigenvalue weighted by Crippen LogP contribution is 2.39. The van der Waals surface area contributed by atoms with Crippen LogP contribution in [0.4, 0.5) is 4.39 Å². The zero-order valence-corrected chi connectivity index (χ0v) is 12.9. The Morgan fingerprint density at radius 3 is 2.44 bits per heavy atom. The number of hydrogen-bond acceptors (Lipinski definition) is 4. The molecule has 0 spiro atoms. The first-order chi connectivity index (χ1) is 12.1. The number of H-pyrrole nitrogens is 1. The quantitative estimate of drug-likeness (QED) is 0.588. The van der Waals surface area contributed by atoms with Gasteiger partial charge in [0.15, 0.2) is 0 Å². The number of nitrogens with one attached hydrogen (secondary N) is 1. The molecule has 0 bridgehead atoms. The van der Waals surface area contributed by atoms with Gasteiger partial charge in [-0.25, -0.2) is 9.37 Å². The lowest BCUT2D eigenvalue weighted by atomic mass is 9.91. The van der Waals surface area contributed by atoms with Crippen molar-refractivity contribution in [3.8, 4) is 28.0 Å². The van der Waals surface area contributed by atoms with Crippen LogP contribution in [0.15, 0.2) is 66.0 Å². The molecule has 0 unspecified atom stereocenters. The van der Waals surface area contributed by atoms with Crippen molar-refractivity contribution >= 4 is 10.9 Å². The van der Waals surface area contributed by atoms with Crippen LogP contribution in [-0.4, -0.2) is 20.1 Å². The van der Waals surface area contributed by atoms with Gasteiger partial charge in [-0.2, -0.15) is 0 Å². The molecule has 0 saturated carbocycles. The predicted molar refractivity (Wildman–Crippen MR) is 92.7 cm³/mol. The fraction of sp³-hybridized carbons (Fsp3) is 0. The molecule has 0 radical (unpaired) electrons. The van der Waals surface area contributed by atoms with Crippen molar-refractivity contribution in [2.75, 3.05) is 0 Å². The van der Waals surface area contributed by atoms with Gasteiger partial charge in [-0.1, -0.05) is 12.1 Å². The fourth-order valence-corrected chi connectivity index (χ4v) is 2.91. The van der Waals surface area contributed by atoms with Crippen LogP contribution in [0, 0.1) is 5.82 Å². The van der Waals surface area contributed by atoms with E-state index in [0.717, 1.165) is 5.56 Å². The van der Waals surface area contributed by atoms with Gasteiger partial charge in [-0.3, -0.25) is 9.78 Å². The van der Waals surface area contributed by atoms with Crippen molar-refractivity contribution in [2.45, 2.75) is 0 Å². The van der Waals surface area contributed by atoms with Gasteiger partial charge in [0.1, 0.15) is 17.1 Å². The normalized spacial score (nSPS) is 10.9. The molecule has 2 N–H and O–H groups in total. The molecule has 4 rings (SSSR count). The van der Waals surface area contributed by atoms with Crippen LogP contribution < -0.4 is 5.56 Å². The predicted octanol–water partition coefficient (Wildman–Crippen LogP) is 3.50. The molecule has 0 aliphatic heterocycles. The molecule has 25 heavy (non-hydrogen) atoms. The third kappa shape index (κ3) is 2.53. The highest BCUT2D eigenvalue weighted by molar-refractivity contribution is 6.04. The summed E-state index contributed by atoms with van der Waals surface area (Å²) in [5.74, 6) is -0.475. The molecule has 2 heterocycles. The minimum atomic E-state index is -0.365. The SMILES string of the molecule is O=c1[nH]cnc2c(O)cc(-c3ccc(F)cc3)c(-c3ccncc3)c12. The minimum absolute atomic E-state index is 0.113.